The van der Waals surface area contributed by atoms with Crippen LogP contribution in [-0.2, 0) is 11.2 Å². The Labute approximate surface area is 126 Å². The largest absolute Gasteiger partial charge is 0.394 e. The maximum Gasteiger partial charge on any atom is 0.137 e. The third-order valence-corrected chi connectivity index (χ3v) is 4.37. The molecule has 5 N–H and O–H groups in total. The van der Waals surface area contributed by atoms with Gasteiger partial charge in [-0.1, -0.05) is 42.1 Å². The second-order valence-corrected chi connectivity index (χ2v) is 6.09. The van der Waals surface area contributed by atoms with Crippen LogP contribution < -0.4 is 0 Å². The third-order valence-electron chi connectivity index (χ3n) is 3.31. The molecule has 1 aromatic carbocycles. The lowest BCUT2D eigenvalue weighted by Gasteiger charge is -2.39. The highest BCUT2D eigenvalue weighted by Crippen LogP contribution is 2.29. The number of thioether (sulfide) groups is 1. The Morgan fingerprint density at radius 2 is 1.76 bits per heavy atom. The second-order valence-electron chi connectivity index (χ2n) is 4.90. The second kappa shape index (κ2) is 7.35. The van der Waals surface area contributed by atoms with Crippen LogP contribution in [0.25, 0.3) is 0 Å². The maximum absolute atomic E-state index is 9.90. The molecule has 0 radical (unpaired) electrons. The number of nitrogens with one attached hydrogen (secondary N) is 1. The Bertz CT molecular complexity index is 470. The minimum absolute atomic E-state index is 0.269. The number of aliphatic hydroxyl groups excluding tert-OH is 4. The molecule has 1 heterocycles. The molecule has 5 atom stereocenters. The van der Waals surface area contributed by atoms with Gasteiger partial charge in [0.15, 0.2) is 0 Å². The van der Waals surface area contributed by atoms with Crippen molar-refractivity contribution in [3.63, 3.8) is 0 Å². The average Bonchev–Trinajstić information content (AvgIpc) is 2.49. The summed E-state index contributed by atoms with van der Waals surface area (Å²) in [4.78, 5) is 0. The monoisotopic (exact) mass is 313 g/mol. The van der Waals surface area contributed by atoms with Crippen LogP contribution in [0.5, 0.6) is 0 Å². The molecule has 116 valence electrons. The summed E-state index contributed by atoms with van der Waals surface area (Å²) in [6, 6.07) is 9.42. The van der Waals surface area contributed by atoms with Gasteiger partial charge in [0.1, 0.15) is 29.9 Å². The summed E-state index contributed by atoms with van der Waals surface area (Å²) in [6.45, 7) is -0.464. The van der Waals surface area contributed by atoms with Crippen molar-refractivity contribution < 1.29 is 25.2 Å². The highest BCUT2D eigenvalue weighted by atomic mass is 32.2. The van der Waals surface area contributed by atoms with Crippen LogP contribution in [0.1, 0.15) is 5.56 Å². The first-order valence-corrected chi connectivity index (χ1v) is 7.49. The van der Waals surface area contributed by atoms with Crippen molar-refractivity contribution in [2.45, 2.75) is 36.3 Å². The summed E-state index contributed by atoms with van der Waals surface area (Å²) in [5, 5.41) is 46.6. The van der Waals surface area contributed by atoms with E-state index in [9.17, 15) is 15.3 Å². The van der Waals surface area contributed by atoms with Gasteiger partial charge in [0.25, 0.3) is 0 Å². The van der Waals surface area contributed by atoms with E-state index in [1.165, 1.54) is 0 Å². The number of aliphatic hydroxyl groups is 4. The lowest BCUT2D eigenvalue weighted by molar-refractivity contribution is -0.205. The van der Waals surface area contributed by atoms with Gasteiger partial charge in [-0.3, -0.25) is 5.41 Å². The van der Waals surface area contributed by atoms with Gasteiger partial charge >= 0.3 is 0 Å². The molecule has 6 nitrogen and oxygen atoms in total. The van der Waals surface area contributed by atoms with Gasteiger partial charge < -0.3 is 25.2 Å². The third kappa shape index (κ3) is 4.03. The molecule has 1 fully saturated rings. The minimum atomic E-state index is -1.40. The van der Waals surface area contributed by atoms with Crippen LogP contribution in [0.15, 0.2) is 30.3 Å². The van der Waals surface area contributed by atoms with Gasteiger partial charge in [-0.05, 0) is 5.56 Å². The molecule has 0 spiro atoms. The molecule has 5 unspecified atom stereocenters. The van der Waals surface area contributed by atoms with Crippen molar-refractivity contribution in [1.82, 2.24) is 0 Å². The molecule has 0 amide bonds. The van der Waals surface area contributed by atoms with E-state index in [0.29, 0.717) is 6.42 Å². The van der Waals surface area contributed by atoms with E-state index < -0.39 is 36.5 Å². The van der Waals surface area contributed by atoms with Gasteiger partial charge in [0, 0.05) is 6.42 Å². The molecule has 0 saturated carbocycles. The van der Waals surface area contributed by atoms with Crippen LogP contribution in [0.2, 0.25) is 0 Å². The molecule has 21 heavy (non-hydrogen) atoms. The van der Waals surface area contributed by atoms with Gasteiger partial charge in [-0.25, -0.2) is 0 Å². The molecule has 1 saturated heterocycles. The van der Waals surface area contributed by atoms with E-state index in [1.54, 1.807) is 0 Å². The Morgan fingerprint density at radius 1 is 1.10 bits per heavy atom. The van der Waals surface area contributed by atoms with Crippen LogP contribution >= 0.6 is 11.8 Å². The number of rotatable bonds is 4. The van der Waals surface area contributed by atoms with Crippen molar-refractivity contribution in [1.29, 1.82) is 5.41 Å². The highest BCUT2D eigenvalue weighted by Gasteiger charge is 2.43. The summed E-state index contributed by atoms with van der Waals surface area (Å²) in [5.74, 6) is 0. The van der Waals surface area contributed by atoms with Crippen LogP contribution in [0.3, 0.4) is 0 Å². The molecule has 0 aliphatic carbocycles. The van der Waals surface area contributed by atoms with E-state index in [1.807, 2.05) is 30.3 Å². The van der Waals surface area contributed by atoms with Crippen LogP contribution in [0.4, 0.5) is 0 Å². The first-order valence-electron chi connectivity index (χ1n) is 6.61. The van der Waals surface area contributed by atoms with Crippen molar-refractivity contribution >= 4 is 16.8 Å². The molecule has 7 heteroatoms. The Kier molecular flexibility index (Phi) is 5.74. The fourth-order valence-electron chi connectivity index (χ4n) is 2.13. The summed E-state index contributed by atoms with van der Waals surface area (Å²) in [6.07, 6.45) is -4.64. The summed E-state index contributed by atoms with van der Waals surface area (Å²) in [5.41, 5.74) is 0.0661. The van der Waals surface area contributed by atoms with Crippen molar-refractivity contribution in [2.75, 3.05) is 6.61 Å². The summed E-state index contributed by atoms with van der Waals surface area (Å²) >= 11 is 0.977. The SMILES string of the molecule is N=C(Cc1ccccc1)SC1OC(CO)C(O)C(O)C1O. The fraction of sp³-hybridized carbons (Fsp3) is 0.500. The topological polar surface area (TPSA) is 114 Å². The molecule has 1 aliphatic rings. The average molecular weight is 313 g/mol. The van der Waals surface area contributed by atoms with E-state index in [4.69, 9.17) is 15.3 Å². The van der Waals surface area contributed by atoms with Crippen molar-refractivity contribution in [2.24, 2.45) is 0 Å². The lowest BCUT2D eigenvalue weighted by Crippen LogP contribution is -2.57. The van der Waals surface area contributed by atoms with E-state index in [-0.39, 0.29) is 5.04 Å². The Hall–Kier alpha value is -0.960. The maximum atomic E-state index is 9.90. The quantitative estimate of drug-likeness (QED) is 0.386. The number of benzene rings is 1. The van der Waals surface area contributed by atoms with Gasteiger partial charge in [-0.15, -0.1) is 0 Å². The summed E-state index contributed by atoms with van der Waals surface area (Å²) < 4.78 is 5.35. The standard InChI is InChI=1S/C14H19NO5S/c15-10(6-8-4-2-1-3-5-8)21-14-13(19)12(18)11(17)9(7-16)20-14/h1-5,9,11-19H,6-7H2. The van der Waals surface area contributed by atoms with Crippen molar-refractivity contribution in [3.05, 3.63) is 35.9 Å². The van der Waals surface area contributed by atoms with Crippen molar-refractivity contribution in [3.8, 4) is 0 Å². The molecular formula is C14H19NO5S. The predicted octanol–water partition coefficient (Wildman–Crippen LogP) is -0.261. The van der Waals surface area contributed by atoms with Gasteiger partial charge in [-0.2, -0.15) is 0 Å². The van der Waals surface area contributed by atoms with Crippen LogP contribution in [0, 0.1) is 5.41 Å². The minimum Gasteiger partial charge on any atom is -0.394 e. The zero-order valence-corrected chi connectivity index (χ0v) is 12.1. The first-order chi connectivity index (χ1) is 10.0. The van der Waals surface area contributed by atoms with Crippen LogP contribution in [-0.4, -0.2) is 61.9 Å². The molecule has 1 aromatic rings. The van der Waals surface area contributed by atoms with E-state index >= 15 is 0 Å². The molecular weight excluding hydrogens is 294 g/mol. The zero-order valence-electron chi connectivity index (χ0n) is 11.3. The van der Waals surface area contributed by atoms with E-state index in [0.717, 1.165) is 17.3 Å². The number of hydrogen-bond acceptors (Lipinski definition) is 7. The fourth-order valence-corrected chi connectivity index (χ4v) is 3.16. The van der Waals surface area contributed by atoms with Gasteiger partial charge in [0.05, 0.1) is 11.7 Å². The number of ether oxygens (including phenoxy) is 1. The lowest BCUT2D eigenvalue weighted by atomic mass is 10.0. The van der Waals surface area contributed by atoms with Gasteiger partial charge in [0.2, 0.25) is 0 Å². The highest BCUT2D eigenvalue weighted by molar-refractivity contribution is 8.14. The Morgan fingerprint density at radius 3 is 2.38 bits per heavy atom. The summed E-state index contributed by atoms with van der Waals surface area (Å²) in [7, 11) is 0. The normalized spacial score (nSPS) is 32.9. The smallest absolute Gasteiger partial charge is 0.137 e. The number of hydrogen-bond donors (Lipinski definition) is 5. The zero-order chi connectivity index (χ0) is 15.4. The molecule has 2 rings (SSSR count). The molecule has 1 aliphatic heterocycles. The Balaban J connectivity index is 1.96. The predicted molar refractivity (Wildman–Crippen MR) is 79.2 cm³/mol. The van der Waals surface area contributed by atoms with E-state index in [2.05, 4.69) is 0 Å². The molecule has 0 aromatic heterocycles. The first kappa shape index (κ1) is 16.4. The molecule has 0 bridgehead atoms.